The number of hydrogen-bond acceptors (Lipinski definition) is 2. The van der Waals surface area contributed by atoms with Crippen LogP contribution in [0.4, 0.5) is 0 Å². The lowest BCUT2D eigenvalue weighted by Crippen LogP contribution is -1.94. The van der Waals surface area contributed by atoms with E-state index in [2.05, 4.69) is 143 Å². The quantitative estimate of drug-likeness (QED) is 0.214. The SMILES string of the molecule is c1cc(-c2cccc(-c3ccc4oc5cccnc5c4c3)c2)cc(-c2cccc(-n3c4ccccc4c4ccccc43)c2)c1. The molecule has 0 unspecified atom stereocenters. The van der Waals surface area contributed by atoms with E-state index in [0.29, 0.717) is 0 Å². The lowest BCUT2D eigenvalue weighted by Gasteiger charge is -2.12. The van der Waals surface area contributed by atoms with Gasteiger partial charge in [-0.05, 0) is 94.0 Å². The molecule has 6 aromatic carbocycles. The van der Waals surface area contributed by atoms with E-state index >= 15 is 0 Å². The zero-order valence-electron chi connectivity index (χ0n) is 23.8. The maximum absolute atomic E-state index is 6.00. The summed E-state index contributed by atoms with van der Waals surface area (Å²) in [7, 11) is 0. The molecule has 3 aromatic heterocycles. The summed E-state index contributed by atoms with van der Waals surface area (Å²) in [5, 5.41) is 3.58. The smallest absolute Gasteiger partial charge is 0.153 e. The van der Waals surface area contributed by atoms with E-state index in [1.165, 1.54) is 44.1 Å². The van der Waals surface area contributed by atoms with Crippen molar-refractivity contribution in [3.8, 4) is 39.1 Å². The van der Waals surface area contributed by atoms with E-state index < -0.39 is 0 Å². The van der Waals surface area contributed by atoms with E-state index in [9.17, 15) is 0 Å². The first-order valence-corrected chi connectivity index (χ1v) is 14.9. The molecule has 0 bridgehead atoms. The van der Waals surface area contributed by atoms with Crippen LogP contribution in [0.1, 0.15) is 0 Å². The summed E-state index contributed by atoms with van der Waals surface area (Å²) in [6.07, 6.45) is 1.82. The van der Waals surface area contributed by atoms with Gasteiger partial charge in [0.1, 0.15) is 11.1 Å². The molecule has 0 saturated carbocycles. The Balaban J connectivity index is 1.11. The van der Waals surface area contributed by atoms with E-state index in [1.807, 2.05) is 24.4 Å². The highest BCUT2D eigenvalue weighted by molar-refractivity contribution is 6.09. The Kier molecular flexibility index (Phi) is 5.50. The van der Waals surface area contributed by atoms with Crippen molar-refractivity contribution in [3.05, 3.63) is 158 Å². The molecule has 44 heavy (non-hydrogen) atoms. The highest BCUT2D eigenvalue weighted by atomic mass is 16.3. The average molecular weight is 563 g/mol. The molecule has 0 aliphatic rings. The van der Waals surface area contributed by atoms with E-state index in [1.54, 1.807) is 0 Å². The van der Waals surface area contributed by atoms with Gasteiger partial charge in [-0.3, -0.25) is 4.98 Å². The number of nitrogens with zero attached hydrogens (tertiary/aromatic N) is 2. The van der Waals surface area contributed by atoms with Gasteiger partial charge in [0.2, 0.25) is 0 Å². The summed E-state index contributed by atoms with van der Waals surface area (Å²) < 4.78 is 8.37. The first-order chi connectivity index (χ1) is 21.8. The van der Waals surface area contributed by atoms with Crippen molar-refractivity contribution in [2.45, 2.75) is 0 Å². The van der Waals surface area contributed by atoms with Gasteiger partial charge >= 0.3 is 0 Å². The zero-order valence-corrected chi connectivity index (χ0v) is 23.8. The van der Waals surface area contributed by atoms with Gasteiger partial charge in [0.25, 0.3) is 0 Å². The molecular weight excluding hydrogens is 536 g/mol. The Morgan fingerprint density at radius 3 is 1.64 bits per heavy atom. The molecule has 9 rings (SSSR count). The molecular formula is C41H26N2O. The second-order valence-electron chi connectivity index (χ2n) is 11.2. The van der Waals surface area contributed by atoms with Crippen molar-refractivity contribution in [2.75, 3.05) is 0 Å². The first kappa shape index (κ1) is 24.6. The third-order valence-corrected chi connectivity index (χ3v) is 8.63. The molecule has 0 radical (unpaired) electrons. The highest BCUT2D eigenvalue weighted by Crippen LogP contribution is 2.36. The maximum atomic E-state index is 6.00. The third kappa shape index (κ3) is 3.94. The summed E-state index contributed by atoms with van der Waals surface area (Å²) in [5.74, 6) is 0. The molecule has 3 nitrogen and oxygen atoms in total. The van der Waals surface area contributed by atoms with Gasteiger partial charge in [0.05, 0.1) is 11.0 Å². The fourth-order valence-corrected chi connectivity index (χ4v) is 6.56. The molecule has 206 valence electrons. The second-order valence-corrected chi connectivity index (χ2v) is 11.2. The van der Waals surface area contributed by atoms with Crippen LogP contribution in [0.3, 0.4) is 0 Å². The van der Waals surface area contributed by atoms with Crippen molar-refractivity contribution in [1.82, 2.24) is 9.55 Å². The third-order valence-electron chi connectivity index (χ3n) is 8.63. The van der Waals surface area contributed by atoms with Gasteiger partial charge < -0.3 is 8.98 Å². The number of rotatable bonds is 4. The van der Waals surface area contributed by atoms with Crippen LogP contribution < -0.4 is 0 Å². The predicted molar refractivity (Wildman–Crippen MR) is 182 cm³/mol. The zero-order chi connectivity index (χ0) is 29.0. The molecule has 9 aromatic rings. The van der Waals surface area contributed by atoms with Gasteiger partial charge in [-0.25, -0.2) is 0 Å². The number of benzene rings is 6. The van der Waals surface area contributed by atoms with E-state index in [0.717, 1.165) is 38.9 Å². The van der Waals surface area contributed by atoms with Crippen molar-refractivity contribution in [2.24, 2.45) is 0 Å². The molecule has 0 aliphatic carbocycles. The fourth-order valence-electron chi connectivity index (χ4n) is 6.56. The van der Waals surface area contributed by atoms with Crippen LogP contribution in [-0.4, -0.2) is 9.55 Å². The Bertz CT molecular complexity index is 2460. The number of fused-ring (bicyclic) bond motifs is 6. The number of aromatic nitrogens is 2. The van der Waals surface area contributed by atoms with Crippen LogP contribution in [0, 0.1) is 0 Å². The highest BCUT2D eigenvalue weighted by Gasteiger charge is 2.13. The number of para-hydroxylation sites is 2. The van der Waals surface area contributed by atoms with E-state index in [-0.39, 0.29) is 0 Å². The summed E-state index contributed by atoms with van der Waals surface area (Å²) in [6.45, 7) is 0. The largest absolute Gasteiger partial charge is 0.454 e. The summed E-state index contributed by atoms with van der Waals surface area (Å²) in [4.78, 5) is 4.56. The summed E-state index contributed by atoms with van der Waals surface area (Å²) >= 11 is 0. The second kappa shape index (κ2) is 9.82. The summed E-state index contributed by atoms with van der Waals surface area (Å²) in [6, 6.07) is 54.0. The topological polar surface area (TPSA) is 31.0 Å². The molecule has 0 fully saturated rings. The van der Waals surface area contributed by atoms with Crippen molar-refractivity contribution in [3.63, 3.8) is 0 Å². The Labute approximate surface area is 254 Å². The molecule has 0 atom stereocenters. The van der Waals surface area contributed by atoms with Crippen LogP contribution in [0.15, 0.2) is 162 Å². The minimum absolute atomic E-state index is 0.812. The molecule has 0 spiro atoms. The monoisotopic (exact) mass is 562 g/mol. The molecule has 0 saturated heterocycles. The van der Waals surface area contributed by atoms with Crippen molar-refractivity contribution < 1.29 is 4.42 Å². The number of hydrogen-bond donors (Lipinski definition) is 0. The van der Waals surface area contributed by atoms with Crippen molar-refractivity contribution >= 4 is 43.9 Å². The van der Waals surface area contributed by atoms with Gasteiger partial charge in [0.15, 0.2) is 5.58 Å². The molecule has 3 heterocycles. The van der Waals surface area contributed by atoms with Crippen LogP contribution in [0.5, 0.6) is 0 Å². The number of furan rings is 1. The van der Waals surface area contributed by atoms with Crippen LogP contribution in [0.2, 0.25) is 0 Å². The standard InChI is InChI=1S/C41H26N2O/c1-3-17-37-34(15-1)35-16-2-4-18-38(35)43(37)33-14-7-13-31(25-33)29-11-5-9-27(23-29)28-10-6-12-30(24-28)32-20-21-39-36(26-32)41-40(44-39)19-8-22-42-41/h1-26H. The average Bonchev–Trinajstić information content (AvgIpc) is 3.64. The molecule has 3 heteroatoms. The molecule has 0 aliphatic heterocycles. The van der Waals surface area contributed by atoms with Gasteiger partial charge in [0, 0.05) is 28.0 Å². The van der Waals surface area contributed by atoms with Crippen LogP contribution in [-0.2, 0) is 0 Å². The minimum atomic E-state index is 0.812. The summed E-state index contributed by atoms with van der Waals surface area (Å²) in [5.41, 5.74) is 13.2. The van der Waals surface area contributed by atoms with Crippen LogP contribution >= 0.6 is 0 Å². The molecule has 0 amide bonds. The lowest BCUT2D eigenvalue weighted by molar-refractivity contribution is 0.668. The Morgan fingerprint density at radius 2 is 0.977 bits per heavy atom. The Hall–Kier alpha value is -5.93. The fraction of sp³-hybridized carbons (Fsp3) is 0. The van der Waals surface area contributed by atoms with Gasteiger partial charge in [-0.2, -0.15) is 0 Å². The lowest BCUT2D eigenvalue weighted by atomic mass is 9.96. The normalized spacial score (nSPS) is 11.6. The molecule has 0 N–H and O–H groups in total. The van der Waals surface area contributed by atoms with Gasteiger partial charge in [-0.1, -0.05) is 91.0 Å². The predicted octanol–water partition coefficient (Wildman–Crippen LogP) is 11.1. The maximum Gasteiger partial charge on any atom is 0.153 e. The minimum Gasteiger partial charge on any atom is -0.454 e. The van der Waals surface area contributed by atoms with Crippen LogP contribution in [0.25, 0.3) is 82.9 Å². The van der Waals surface area contributed by atoms with Gasteiger partial charge in [-0.15, -0.1) is 0 Å². The number of pyridine rings is 1. The van der Waals surface area contributed by atoms with E-state index in [4.69, 9.17) is 4.42 Å². The van der Waals surface area contributed by atoms with Crippen molar-refractivity contribution in [1.29, 1.82) is 0 Å². The Morgan fingerprint density at radius 1 is 0.409 bits per heavy atom. The first-order valence-electron chi connectivity index (χ1n) is 14.9.